The number of nitrogens with zero attached hydrogens (tertiary/aromatic N) is 2. The summed E-state index contributed by atoms with van der Waals surface area (Å²) in [6.07, 6.45) is 4.75. The Bertz CT molecular complexity index is 356. The fraction of sp³-hybridized carbons (Fsp3) is 0.667. The lowest BCUT2D eigenvalue weighted by Crippen LogP contribution is -2.30. The van der Waals surface area contributed by atoms with Crippen LogP contribution in [0.15, 0.2) is 12.4 Å². The van der Waals surface area contributed by atoms with Gasteiger partial charge in [-0.3, -0.25) is 0 Å². The van der Waals surface area contributed by atoms with Gasteiger partial charge >= 0.3 is 0 Å². The fourth-order valence-electron chi connectivity index (χ4n) is 2.30. The summed E-state index contributed by atoms with van der Waals surface area (Å²) < 4.78 is 12.9. The van der Waals surface area contributed by atoms with E-state index in [2.05, 4.69) is 29.1 Å². The molecule has 1 aliphatic carbocycles. The smallest absolute Gasteiger partial charge is 0.217 e. The van der Waals surface area contributed by atoms with Crippen LogP contribution in [0.4, 0.5) is 10.2 Å². The molecule has 3 nitrogen and oxygen atoms in total. The molecule has 1 aromatic heterocycles. The lowest BCUT2D eigenvalue weighted by Gasteiger charge is -2.32. The zero-order chi connectivity index (χ0) is 11.5. The molecule has 1 heterocycles. The molecule has 1 saturated carbocycles. The van der Waals surface area contributed by atoms with Gasteiger partial charge in [0.15, 0.2) is 0 Å². The van der Waals surface area contributed by atoms with E-state index in [-0.39, 0.29) is 0 Å². The van der Waals surface area contributed by atoms with E-state index < -0.39 is 5.95 Å². The highest BCUT2D eigenvalue weighted by Gasteiger charge is 2.24. The van der Waals surface area contributed by atoms with Crippen molar-refractivity contribution in [2.75, 3.05) is 5.32 Å². The predicted octanol–water partition coefficient (Wildman–Crippen LogP) is 2.85. The monoisotopic (exact) mass is 223 g/mol. The first-order valence-electron chi connectivity index (χ1n) is 5.89. The summed E-state index contributed by atoms with van der Waals surface area (Å²) in [6.45, 7) is 4.57. The molecule has 4 heteroatoms. The maximum atomic E-state index is 12.9. The summed E-state index contributed by atoms with van der Waals surface area (Å²) in [6, 6.07) is 1.77. The fourth-order valence-corrected chi connectivity index (χ4v) is 2.30. The van der Waals surface area contributed by atoms with Crippen molar-refractivity contribution in [3.63, 3.8) is 0 Å². The normalized spacial score (nSPS) is 30.1. The minimum Gasteiger partial charge on any atom is -0.367 e. The Morgan fingerprint density at radius 1 is 1.25 bits per heavy atom. The molecule has 0 aromatic carbocycles. The third kappa shape index (κ3) is 2.68. The van der Waals surface area contributed by atoms with E-state index in [0.717, 1.165) is 24.7 Å². The second-order valence-electron chi connectivity index (χ2n) is 4.83. The summed E-state index contributed by atoms with van der Waals surface area (Å²) in [4.78, 5) is 7.46. The highest BCUT2D eigenvalue weighted by atomic mass is 19.1. The van der Waals surface area contributed by atoms with Crippen molar-refractivity contribution >= 4 is 5.82 Å². The van der Waals surface area contributed by atoms with Gasteiger partial charge in [-0.1, -0.05) is 13.8 Å². The van der Waals surface area contributed by atoms with E-state index in [0.29, 0.717) is 11.9 Å². The number of rotatable bonds is 2. The topological polar surface area (TPSA) is 37.8 Å². The summed E-state index contributed by atoms with van der Waals surface area (Å²) in [5, 5.41) is 3.28. The van der Waals surface area contributed by atoms with Crippen LogP contribution in [0.2, 0.25) is 0 Å². The molecular formula is C12H18FN3. The number of aromatic nitrogens is 2. The number of halogens is 1. The number of hydrogen-bond acceptors (Lipinski definition) is 3. The Morgan fingerprint density at radius 2 is 2.06 bits per heavy atom. The molecule has 0 bridgehead atoms. The Balaban J connectivity index is 1.95. The van der Waals surface area contributed by atoms with Crippen LogP contribution in [-0.4, -0.2) is 16.0 Å². The third-order valence-electron chi connectivity index (χ3n) is 3.58. The molecule has 0 aliphatic heterocycles. The van der Waals surface area contributed by atoms with Gasteiger partial charge in [-0.15, -0.1) is 0 Å². The van der Waals surface area contributed by atoms with Crippen LogP contribution < -0.4 is 5.32 Å². The summed E-state index contributed by atoms with van der Waals surface area (Å²) in [5.74, 6) is 1.63. The molecule has 1 aliphatic rings. The average molecular weight is 223 g/mol. The van der Waals surface area contributed by atoms with Crippen LogP contribution in [-0.2, 0) is 0 Å². The van der Waals surface area contributed by atoms with Crippen molar-refractivity contribution in [3.8, 4) is 0 Å². The summed E-state index contributed by atoms with van der Waals surface area (Å²) in [5.41, 5.74) is 0. The molecule has 16 heavy (non-hydrogen) atoms. The van der Waals surface area contributed by atoms with Crippen LogP contribution >= 0.6 is 0 Å². The van der Waals surface area contributed by atoms with Crippen molar-refractivity contribution in [2.24, 2.45) is 11.8 Å². The molecule has 0 spiro atoms. The van der Waals surface area contributed by atoms with Crippen molar-refractivity contribution in [1.82, 2.24) is 9.97 Å². The average Bonchev–Trinajstić information content (AvgIpc) is 2.24. The van der Waals surface area contributed by atoms with Crippen LogP contribution in [0.1, 0.15) is 33.1 Å². The highest BCUT2D eigenvalue weighted by molar-refractivity contribution is 5.33. The van der Waals surface area contributed by atoms with Gasteiger partial charge in [-0.05, 0) is 31.1 Å². The van der Waals surface area contributed by atoms with E-state index in [1.165, 1.54) is 18.8 Å². The van der Waals surface area contributed by atoms with Crippen molar-refractivity contribution < 1.29 is 4.39 Å². The Hall–Kier alpha value is -1.19. The maximum absolute atomic E-state index is 12.9. The molecule has 1 N–H and O–H groups in total. The first-order chi connectivity index (χ1) is 7.65. The molecule has 1 aromatic rings. The molecule has 88 valence electrons. The van der Waals surface area contributed by atoms with Gasteiger partial charge in [-0.25, -0.2) is 9.97 Å². The van der Waals surface area contributed by atoms with E-state index in [1.807, 2.05) is 0 Å². The molecule has 1 fully saturated rings. The number of nitrogens with one attached hydrogen (secondary N) is 1. The molecule has 2 rings (SSSR count). The molecule has 0 amide bonds. The lowest BCUT2D eigenvalue weighted by atomic mass is 9.79. The first kappa shape index (κ1) is 11.3. The van der Waals surface area contributed by atoms with Gasteiger partial charge in [0.05, 0.1) is 0 Å². The second-order valence-corrected chi connectivity index (χ2v) is 4.83. The predicted molar refractivity (Wildman–Crippen MR) is 61.6 cm³/mol. The SMILES string of the molecule is CC1CCC(Nc2cc(F)ncn2)CC1C. The number of anilines is 1. The van der Waals surface area contributed by atoms with Gasteiger partial charge in [0.1, 0.15) is 12.1 Å². The molecule has 0 radical (unpaired) electrons. The van der Waals surface area contributed by atoms with E-state index >= 15 is 0 Å². The largest absolute Gasteiger partial charge is 0.367 e. The Kier molecular flexibility index (Phi) is 3.36. The van der Waals surface area contributed by atoms with E-state index in [9.17, 15) is 4.39 Å². The van der Waals surface area contributed by atoms with Crippen LogP contribution in [0.25, 0.3) is 0 Å². The quantitative estimate of drug-likeness (QED) is 0.783. The van der Waals surface area contributed by atoms with Crippen LogP contribution in [0.5, 0.6) is 0 Å². The second kappa shape index (κ2) is 4.76. The van der Waals surface area contributed by atoms with Crippen molar-refractivity contribution in [3.05, 3.63) is 18.3 Å². The molecule has 0 saturated heterocycles. The van der Waals surface area contributed by atoms with Crippen LogP contribution in [0.3, 0.4) is 0 Å². The van der Waals surface area contributed by atoms with Gasteiger partial charge in [0.25, 0.3) is 0 Å². The Labute approximate surface area is 95.5 Å². The van der Waals surface area contributed by atoms with Crippen molar-refractivity contribution in [2.45, 2.75) is 39.2 Å². The standard InChI is InChI=1S/C12H18FN3/c1-8-3-4-10(5-9(8)2)16-12-6-11(13)14-7-15-12/h6-10H,3-5H2,1-2H3,(H,14,15,16). The zero-order valence-electron chi connectivity index (χ0n) is 9.78. The summed E-state index contributed by atoms with van der Waals surface area (Å²) >= 11 is 0. The zero-order valence-corrected chi connectivity index (χ0v) is 9.78. The highest BCUT2D eigenvalue weighted by Crippen LogP contribution is 2.30. The van der Waals surface area contributed by atoms with E-state index in [4.69, 9.17) is 0 Å². The minimum absolute atomic E-state index is 0.417. The minimum atomic E-state index is -0.477. The lowest BCUT2D eigenvalue weighted by molar-refractivity contribution is 0.260. The van der Waals surface area contributed by atoms with Gasteiger partial charge in [0, 0.05) is 12.1 Å². The number of hydrogen-bond donors (Lipinski definition) is 1. The van der Waals surface area contributed by atoms with Gasteiger partial charge in [-0.2, -0.15) is 4.39 Å². The van der Waals surface area contributed by atoms with Gasteiger partial charge in [0.2, 0.25) is 5.95 Å². The summed E-state index contributed by atoms with van der Waals surface area (Å²) in [7, 11) is 0. The van der Waals surface area contributed by atoms with Crippen molar-refractivity contribution in [1.29, 1.82) is 0 Å². The molecular weight excluding hydrogens is 205 g/mol. The van der Waals surface area contributed by atoms with Gasteiger partial charge < -0.3 is 5.32 Å². The Morgan fingerprint density at radius 3 is 2.75 bits per heavy atom. The first-order valence-corrected chi connectivity index (χ1v) is 5.89. The molecule has 3 unspecified atom stereocenters. The van der Waals surface area contributed by atoms with E-state index in [1.54, 1.807) is 0 Å². The third-order valence-corrected chi connectivity index (χ3v) is 3.58. The molecule has 3 atom stereocenters. The van der Waals surface area contributed by atoms with Crippen LogP contribution in [0, 0.1) is 17.8 Å². The maximum Gasteiger partial charge on any atom is 0.217 e.